The number of hydrogen-bond acceptors (Lipinski definition) is 7. The first-order valence-corrected chi connectivity index (χ1v) is 21.7. The molecule has 2 atom stereocenters. The molecule has 0 bridgehead atoms. The summed E-state index contributed by atoms with van der Waals surface area (Å²) in [5, 5.41) is 12.6. The minimum Gasteiger partial charge on any atom is -0.463 e. The van der Waals surface area contributed by atoms with Gasteiger partial charge in [-0.15, -0.1) is 0 Å². The SMILES string of the molecule is CCCCCCCC/C=C/CCCCCCCCCCCCCC(=O)NCCOP(=O)(O)OCC(O)COC(=O)CCCCCCCCC. The highest BCUT2D eigenvalue weighted by atomic mass is 31.2. The van der Waals surface area contributed by atoms with Crippen molar-refractivity contribution in [2.75, 3.05) is 26.4 Å². The molecular weight excluding hydrogens is 641 g/mol. The second kappa shape index (κ2) is 36.5. The molecule has 3 N–H and O–H groups in total. The summed E-state index contributed by atoms with van der Waals surface area (Å²) in [6.45, 7) is 3.50. The van der Waals surface area contributed by atoms with Crippen LogP contribution < -0.4 is 5.32 Å². The highest BCUT2D eigenvalue weighted by Crippen LogP contribution is 2.42. The number of esters is 1. The molecular formula is C39H76NO8P. The Bertz CT molecular complexity index is 825. The van der Waals surface area contributed by atoms with Crippen LogP contribution in [-0.4, -0.2) is 54.3 Å². The molecule has 0 rings (SSSR count). The first-order chi connectivity index (χ1) is 23.8. The molecule has 0 heterocycles. The Morgan fingerprint density at radius 1 is 0.612 bits per heavy atom. The van der Waals surface area contributed by atoms with E-state index in [9.17, 15) is 24.2 Å². The Morgan fingerprint density at radius 3 is 1.53 bits per heavy atom. The third kappa shape index (κ3) is 37.8. The average molecular weight is 718 g/mol. The standard InChI is InChI=1S/C39H76NO8P/c1-3-5-7-9-11-12-13-14-15-16-17-18-19-20-21-22-23-24-26-27-29-31-38(42)40-33-34-47-49(44,45)48-36-37(41)35-46-39(43)32-30-28-25-10-8-6-4-2/h14-15,37,41H,3-13,16-36H2,1-2H3,(H,40,42)(H,44,45)/b15-14+. The fourth-order valence-corrected chi connectivity index (χ4v) is 6.37. The van der Waals surface area contributed by atoms with Gasteiger partial charge in [0.2, 0.25) is 5.91 Å². The second-order valence-corrected chi connectivity index (χ2v) is 15.1. The van der Waals surface area contributed by atoms with E-state index in [1.165, 1.54) is 128 Å². The van der Waals surface area contributed by atoms with Crippen LogP contribution in [0.3, 0.4) is 0 Å². The number of hydrogen-bond donors (Lipinski definition) is 3. The van der Waals surface area contributed by atoms with Crippen LogP contribution in [0.2, 0.25) is 0 Å². The van der Waals surface area contributed by atoms with Crippen LogP contribution in [0.15, 0.2) is 12.2 Å². The molecule has 0 saturated heterocycles. The molecule has 0 aliphatic heterocycles. The number of carbonyl (C=O) groups is 2. The zero-order valence-electron chi connectivity index (χ0n) is 31.7. The van der Waals surface area contributed by atoms with Gasteiger partial charge in [-0.25, -0.2) is 4.57 Å². The van der Waals surface area contributed by atoms with Gasteiger partial charge >= 0.3 is 13.8 Å². The van der Waals surface area contributed by atoms with Crippen LogP contribution in [-0.2, 0) is 27.9 Å². The van der Waals surface area contributed by atoms with E-state index in [1.54, 1.807) is 0 Å². The van der Waals surface area contributed by atoms with E-state index in [-0.39, 0.29) is 32.1 Å². The molecule has 290 valence electrons. The lowest BCUT2D eigenvalue weighted by Crippen LogP contribution is -2.27. The van der Waals surface area contributed by atoms with E-state index in [2.05, 4.69) is 31.3 Å². The monoisotopic (exact) mass is 718 g/mol. The molecule has 0 radical (unpaired) electrons. The van der Waals surface area contributed by atoms with Crippen molar-refractivity contribution in [3.63, 3.8) is 0 Å². The number of aliphatic hydroxyl groups is 1. The van der Waals surface area contributed by atoms with E-state index in [0.717, 1.165) is 38.5 Å². The number of phosphoric acid groups is 1. The summed E-state index contributed by atoms with van der Waals surface area (Å²) in [6, 6.07) is 0. The van der Waals surface area contributed by atoms with Gasteiger partial charge in [-0.1, -0.05) is 154 Å². The van der Waals surface area contributed by atoms with Crippen molar-refractivity contribution in [3.8, 4) is 0 Å². The van der Waals surface area contributed by atoms with E-state index >= 15 is 0 Å². The largest absolute Gasteiger partial charge is 0.472 e. The van der Waals surface area contributed by atoms with Crippen LogP contribution in [0.4, 0.5) is 0 Å². The molecule has 0 saturated carbocycles. The number of rotatable bonds is 38. The Labute approximate surface area is 300 Å². The molecule has 9 nitrogen and oxygen atoms in total. The number of phosphoric ester groups is 1. The zero-order valence-corrected chi connectivity index (χ0v) is 32.5. The van der Waals surface area contributed by atoms with Gasteiger partial charge in [0.15, 0.2) is 0 Å². The zero-order chi connectivity index (χ0) is 36.1. The normalized spacial score (nSPS) is 13.5. The third-order valence-electron chi connectivity index (χ3n) is 8.70. The summed E-state index contributed by atoms with van der Waals surface area (Å²) in [5.74, 6) is -0.518. The van der Waals surface area contributed by atoms with Gasteiger partial charge in [-0.2, -0.15) is 0 Å². The number of allylic oxidation sites excluding steroid dienone is 2. The van der Waals surface area contributed by atoms with E-state index in [0.29, 0.717) is 6.42 Å². The van der Waals surface area contributed by atoms with Crippen LogP contribution >= 0.6 is 7.82 Å². The van der Waals surface area contributed by atoms with Crippen LogP contribution in [0.5, 0.6) is 0 Å². The van der Waals surface area contributed by atoms with Crippen molar-refractivity contribution in [1.82, 2.24) is 5.32 Å². The maximum Gasteiger partial charge on any atom is 0.472 e. The summed E-state index contributed by atoms with van der Waals surface area (Å²) in [5.41, 5.74) is 0. The summed E-state index contributed by atoms with van der Waals surface area (Å²) >= 11 is 0. The van der Waals surface area contributed by atoms with E-state index < -0.39 is 26.5 Å². The van der Waals surface area contributed by atoms with Crippen molar-refractivity contribution in [2.45, 2.75) is 200 Å². The lowest BCUT2D eigenvalue weighted by atomic mass is 10.0. The Morgan fingerprint density at radius 2 is 1.04 bits per heavy atom. The predicted octanol–water partition coefficient (Wildman–Crippen LogP) is 10.7. The van der Waals surface area contributed by atoms with Crippen molar-refractivity contribution in [2.24, 2.45) is 0 Å². The van der Waals surface area contributed by atoms with Gasteiger partial charge < -0.3 is 20.1 Å². The average Bonchev–Trinajstić information content (AvgIpc) is 3.08. The maximum atomic E-state index is 12.0. The van der Waals surface area contributed by atoms with Gasteiger partial charge in [0, 0.05) is 19.4 Å². The summed E-state index contributed by atoms with van der Waals surface area (Å²) in [4.78, 5) is 33.6. The first kappa shape index (κ1) is 47.8. The van der Waals surface area contributed by atoms with Gasteiger partial charge in [0.05, 0.1) is 13.2 Å². The van der Waals surface area contributed by atoms with Gasteiger partial charge in [-0.05, 0) is 38.5 Å². The fourth-order valence-electron chi connectivity index (χ4n) is 5.61. The molecule has 0 spiro atoms. The van der Waals surface area contributed by atoms with Gasteiger partial charge in [-0.3, -0.25) is 18.6 Å². The van der Waals surface area contributed by atoms with Crippen LogP contribution in [0, 0.1) is 0 Å². The minimum atomic E-state index is -4.40. The van der Waals surface area contributed by atoms with Crippen LogP contribution in [0.1, 0.15) is 194 Å². The molecule has 0 aromatic heterocycles. The fraction of sp³-hybridized carbons (Fsp3) is 0.897. The number of amides is 1. The topological polar surface area (TPSA) is 131 Å². The molecule has 0 aromatic rings. The van der Waals surface area contributed by atoms with Crippen molar-refractivity contribution < 1.29 is 37.9 Å². The smallest absolute Gasteiger partial charge is 0.463 e. The number of aliphatic hydroxyl groups excluding tert-OH is 1. The second-order valence-electron chi connectivity index (χ2n) is 13.6. The number of unbranched alkanes of at least 4 members (excludes halogenated alkanes) is 23. The lowest BCUT2D eigenvalue weighted by molar-refractivity contribution is -0.147. The number of ether oxygens (including phenoxy) is 1. The first-order valence-electron chi connectivity index (χ1n) is 20.2. The molecule has 49 heavy (non-hydrogen) atoms. The lowest BCUT2D eigenvalue weighted by Gasteiger charge is -2.15. The highest BCUT2D eigenvalue weighted by Gasteiger charge is 2.23. The molecule has 0 aromatic carbocycles. The molecule has 1 amide bonds. The number of carbonyl (C=O) groups excluding carboxylic acids is 2. The Hall–Kier alpha value is -1.25. The van der Waals surface area contributed by atoms with Crippen molar-refractivity contribution in [3.05, 3.63) is 12.2 Å². The molecule has 0 aliphatic carbocycles. The summed E-state index contributed by atoms with van der Waals surface area (Å²) in [6.07, 6.45) is 36.0. The van der Waals surface area contributed by atoms with Crippen LogP contribution in [0.25, 0.3) is 0 Å². The summed E-state index contributed by atoms with van der Waals surface area (Å²) < 4.78 is 26.7. The molecule has 0 fully saturated rings. The van der Waals surface area contributed by atoms with E-state index in [1.807, 2.05) is 0 Å². The predicted molar refractivity (Wildman–Crippen MR) is 201 cm³/mol. The van der Waals surface area contributed by atoms with Crippen molar-refractivity contribution >= 4 is 19.7 Å². The summed E-state index contributed by atoms with van der Waals surface area (Å²) in [7, 11) is -4.40. The third-order valence-corrected chi connectivity index (χ3v) is 9.68. The highest BCUT2D eigenvalue weighted by molar-refractivity contribution is 7.47. The van der Waals surface area contributed by atoms with Crippen molar-refractivity contribution in [1.29, 1.82) is 0 Å². The maximum absolute atomic E-state index is 12.0. The van der Waals surface area contributed by atoms with Gasteiger partial charge in [0.25, 0.3) is 0 Å². The Balaban J connectivity index is 3.53. The molecule has 0 aliphatic rings. The molecule has 10 heteroatoms. The quantitative estimate of drug-likeness (QED) is 0.0249. The minimum absolute atomic E-state index is 0.0848. The molecule has 2 unspecified atom stereocenters. The van der Waals surface area contributed by atoms with E-state index in [4.69, 9.17) is 13.8 Å². The Kier molecular flexibility index (Phi) is 35.6. The van der Waals surface area contributed by atoms with Gasteiger partial charge in [0.1, 0.15) is 12.7 Å². The number of nitrogens with one attached hydrogen (secondary N) is 1.